The summed E-state index contributed by atoms with van der Waals surface area (Å²) in [6.45, 7) is 4.13. The van der Waals surface area contributed by atoms with E-state index in [9.17, 15) is 0 Å². The molecule has 0 aliphatic carbocycles. The molecule has 1 heterocycles. The Hall–Kier alpha value is -3.28. The monoisotopic (exact) mass is 335 g/mol. The van der Waals surface area contributed by atoms with Crippen LogP contribution in [0.1, 0.15) is 11.1 Å². The second-order valence-corrected chi connectivity index (χ2v) is 5.71. The largest absolute Gasteiger partial charge is 0.497 e. The predicted octanol–water partition coefficient (Wildman–Crippen LogP) is 4.17. The molecule has 3 aromatic rings. The van der Waals surface area contributed by atoms with Crippen LogP contribution < -0.4 is 21.1 Å². The lowest BCUT2D eigenvalue weighted by molar-refractivity contribution is 0.415. The van der Waals surface area contributed by atoms with Crippen LogP contribution in [0, 0.1) is 13.8 Å². The quantitative estimate of drug-likeness (QED) is 0.649. The molecule has 0 unspecified atom stereocenters. The standard InChI is InChI=1S/C19H21N5O/c1-12-6-4-9-16(13(12)2)24-19-17(20)18(21-11-22-19)23-14-7-5-8-15(10-14)25-3/h4-11H,20H2,1-3H3,(H2,21,22,23,24). The van der Waals surface area contributed by atoms with E-state index in [4.69, 9.17) is 10.5 Å². The minimum atomic E-state index is 0.450. The van der Waals surface area contributed by atoms with E-state index in [1.54, 1.807) is 7.11 Å². The van der Waals surface area contributed by atoms with Crippen LogP contribution in [0.25, 0.3) is 0 Å². The van der Waals surface area contributed by atoms with Gasteiger partial charge in [0.2, 0.25) is 0 Å². The van der Waals surface area contributed by atoms with Crippen molar-refractivity contribution >= 4 is 28.7 Å². The van der Waals surface area contributed by atoms with E-state index < -0.39 is 0 Å². The van der Waals surface area contributed by atoms with E-state index in [1.807, 2.05) is 36.4 Å². The molecule has 0 fully saturated rings. The van der Waals surface area contributed by atoms with Crippen LogP contribution in [0.15, 0.2) is 48.8 Å². The SMILES string of the molecule is COc1cccc(Nc2ncnc(Nc3cccc(C)c3C)c2N)c1. The van der Waals surface area contributed by atoms with Gasteiger partial charge >= 0.3 is 0 Å². The first-order valence-corrected chi connectivity index (χ1v) is 7.93. The molecule has 4 N–H and O–H groups in total. The number of aromatic nitrogens is 2. The molecule has 128 valence electrons. The molecule has 0 aliphatic rings. The Labute approximate surface area is 147 Å². The van der Waals surface area contributed by atoms with E-state index in [0.29, 0.717) is 17.3 Å². The molecular weight excluding hydrogens is 314 g/mol. The van der Waals surface area contributed by atoms with E-state index >= 15 is 0 Å². The number of benzene rings is 2. The highest BCUT2D eigenvalue weighted by Crippen LogP contribution is 2.30. The second kappa shape index (κ2) is 7.09. The first-order valence-electron chi connectivity index (χ1n) is 7.93. The van der Waals surface area contributed by atoms with E-state index in [0.717, 1.165) is 22.7 Å². The van der Waals surface area contributed by atoms with E-state index in [-0.39, 0.29) is 0 Å². The maximum absolute atomic E-state index is 6.26. The lowest BCUT2D eigenvalue weighted by Crippen LogP contribution is -2.06. The zero-order valence-corrected chi connectivity index (χ0v) is 14.5. The third-order valence-electron chi connectivity index (χ3n) is 4.07. The summed E-state index contributed by atoms with van der Waals surface area (Å²) < 4.78 is 5.23. The second-order valence-electron chi connectivity index (χ2n) is 5.71. The van der Waals surface area contributed by atoms with E-state index in [2.05, 4.69) is 40.5 Å². The molecule has 0 radical (unpaired) electrons. The summed E-state index contributed by atoms with van der Waals surface area (Å²) in [6.07, 6.45) is 1.48. The number of nitrogens with one attached hydrogen (secondary N) is 2. The Morgan fingerprint density at radius 3 is 2.44 bits per heavy atom. The summed E-state index contributed by atoms with van der Waals surface area (Å²) in [5.41, 5.74) is 10.9. The van der Waals surface area contributed by atoms with Crippen molar-refractivity contribution in [1.29, 1.82) is 0 Å². The first kappa shape index (κ1) is 16.6. The molecule has 6 heteroatoms. The number of methoxy groups -OCH3 is 1. The number of hydrogen-bond donors (Lipinski definition) is 3. The minimum absolute atomic E-state index is 0.450. The molecule has 0 saturated carbocycles. The number of nitrogens with zero attached hydrogens (tertiary/aromatic N) is 2. The van der Waals surface area contributed by atoms with Crippen molar-refractivity contribution in [2.75, 3.05) is 23.5 Å². The van der Waals surface area contributed by atoms with Crippen LogP contribution in [0.2, 0.25) is 0 Å². The number of nitrogen functional groups attached to an aromatic ring is 1. The summed E-state index contributed by atoms with van der Waals surface area (Å²) in [5.74, 6) is 1.86. The fourth-order valence-electron chi connectivity index (χ4n) is 2.45. The van der Waals surface area contributed by atoms with Gasteiger partial charge in [-0.05, 0) is 43.2 Å². The molecule has 3 rings (SSSR count). The minimum Gasteiger partial charge on any atom is -0.497 e. The van der Waals surface area contributed by atoms with Gasteiger partial charge in [-0.25, -0.2) is 9.97 Å². The molecule has 25 heavy (non-hydrogen) atoms. The molecular formula is C19H21N5O. The molecule has 1 aromatic heterocycles. The van der Waals surface area contributed by atoms with Gasteiger partial charge in [0, 0.05) is 17.4 Å². The Bertz CT molecular complexity index is 895. The van der Waals surface area contributed by atoms with Gasteiger partial charge in [-0.1, -0.05) is 18.2 Å². The average Bonchev–Trinajstić information content (AvgIpc) is 2.62. The highest BCUT2D eigenvalue weighted by atomic mass is 16.5. The predicted molar refractivity (Wildman–Crippen MR) is 102 cm³/mol. The van der Waals surface area contributed by atoms with Crippen molar-refractivity contribution in [2.24, 2.45) is 0 Å². The van der Waals surface area contributed by atoms with Crippen LogP contribution in [0.4, 0.5) is 28.7 Å². The van der Waals surface area contributed by atoms with Gasteiger partial charge in [-0.15, -0.1) is 0 Å². The van der Waals surface area contributed by atoms with Crippen LogP contribution in [0.3, 0.4) is 0 Å². The van der Waals surface area contributed by atoms with Crippen LogP contribution in [-0.2, 0) is 0 Å². The van der Waals surface area contributed by atoms with Crippen molar-refractivity contribution in [3.05, 3.63) is 59.9 Å². The van der Waals surface area contributed by atoms with Gasteiger partial charge in [0.25, 0.3) is 0 Å². The molecule has 0 spiro atoms. The highest BCUT2D eigenvalue weighted by Gasteiger charge is 2.10. The zero-order valence-electron chi connectivity index (χ0n) is 14.5. The molecule has 0 saturated heterocycles. The summed E-state index contributed by atoms with van der Waals surface area (Å²) in [7, 11) is 1.63. The molecule has 0 amide bonds. The number of ether oxygens (including phenoxy) is 1. The topological polar surface area (TPSA) is 85.1 Å². The van der Waals surface area contributed by atoms with Gasteiger partial charge in [0.15, 0.2) is 11.6 Å². The third-order valence-corrected chi connectivity index (χ3v) is 4.07. The van der Waals surface area contributed by atoms with Gasteiger partial charge in [-0.2, -0.15) is 0 Å². The van der Waals surface area contributed by atoms with Crippen LogP contribution >= 0.6 is 0 Å². The van der Waals surface area contributed by atoms with E-state index in [1.165, 1.54) is 11.9 Å². The number of hydrogen-bond acceptors (Lipinski definition) is 6. The smallest absolute Gasteiger partial charge is 0.159 e. The summed E-state index contributed by atoms with van der Waals surface area (Å²) in [6, 6.07) is 13.6. The highest BCUT2D eigenvalue weighted by molar-refractivity contribution is 5.81. The Kier molecular flexibility index (Phi) is 4.70. The van der Waals surface area contributed by atoms with Gasteiger partial charge in [0.05, 0.1) is 7.11 Å². The summed E-state index contributed by atoms with van der Waals surface area (Å²) >= 11 is 0. The van der Waals surface area contributed by atoms with Crippen LogP contribution in [0.5, 0.6) is 5.75 Å². The Morgan fingerprint density at radius 1 is 0.960 bits per heavy atom. The van der Waals surface area contributed by atoms with Crippen molar-refractivity contribution in [2.45, 2.75) is 13.8 Å². The van der Waals surface area contributed by atoms with Gasteiger partial charge < -0.3 is 21.1 Å². The van der Waals surface area contributed by atoms with Crippen molar-refractivity contribution in [1.82, 2.24) is 9.97 Å². The normalized spacial score (nSPS) is 10.4. The van der Waals surface area contributed by atoms with Gasteiger partial charge in [-0.3, -0.25) is 0 Å². The average molecular weight is 335 g/mol. The fraction of sp³-hybridized carbons (Fsp3) is 0.158. The number of aryl methyl sites for hydroxylation is 1. The maximum Gasteiger partial charge on any atom is 0.159 e. The lowest BCUT2D eigenvalue weighted by Gasteiger charge is -2.15. The maximum atomic E-state index is 6.26. The fourth-order valence-corrected chi connectivity index (χ4v) is 2.45. The molecule has 6 nitrogen and oxygen atoms in total. The summed E-state index contributed by atoms with van der Waals surface area (Å²) in [5, 5.41) is 6.49. The number of rotatable bonds is 5. The number of anilines is 5. The van der Waals surface area contributed by atoms with Crippen LogP contribution in [-0.4, -0.2) is 17.1 Å². The molecule has 0 atom stereocenters. The Balaban J connectivity index is 1.88. The van der Waals surface area contributed by atoms with Crippen molar-refractivity contribution in [3.63, 3.8) is 0 Å². The molecule has 0 bridgehead atoms. The van der Waals surface area contributed by atoms with Gasteiger partial charge in [0.1, 0.15) is 17.8 Å². The van der Waals surface area contributed by atoms with Crippen molar-refractivity contribution in [3.8, 4) is 5.75 Å². The van der Waals surface area contributed by atoms with Crippen molar-refractivity contribution < 1.29 is 4.74 Å². The third kappa shape index (κ3) is 3.63. The zero-order chi connectivity index (χ0) is 17.8. The number of nitrogens with two attached hydrogens (primary N) is 1. The first-order chi connectivity index (χ1) is 12.1. The molecule has 0 aliphatic heterocycles. The Morgan fingerprint density at radius 2 is 1.68 bits per heavy atom. The molecule has 2 aromatic carbocycles. The lowest BCUT2D eigenvalue weighted by atomic mass is 10.1. The summed E-state index contributed by atoms with van der Waals surface area (Å²) in [4.78, 5) is 8.51.